The van der Waals surface area contributed by atoms with Gasteiger partial charge in [-0.25, -0.2) is 4.79 Å². The summed E-state index contributed by atoms with van der Waals surface area (Å²) in [7, 11) is 0. The number of hydrogen-bond donors (Lipinski definition) is 4. The maximum atomic E-state index is 12.3. The number of rotatable bonds is 5. The number of ether oxygens (including phenoxy) is 2. The largest absolute Gasteiger partial charge is 0.471 e. The molecule has 2 saturated heterocycles. The predicted octanol–water partition coefficient (Wildman–Crippen LogP) is -1.53. The van der Waals surface area contributed by atoms with Gasteiger partial charge in [0.05, 0.1) is 12.2 Å². The van der Waals surface area contributed by atoms with Crippen LogP contribution in [0.5, 0.6) is 0 Å². The van der Waals surface area contributed by atoms with E-state index < -0.39 is 60.2 Å². The predicted molar refractivity (Wildman–Crippen MR) is 79.3 cm³/mol. The van der Waals surface area contributed by atoms with Crippen LogP contribution in [0.2, 0.25) is 0 Å². The van der Waals surface area contributed by atoms with E-state index in [0.29, 0.717) is 0 Å². The molecule has 0 aromatic carbocycles. The van der Waals surface area contributed by atoms with Gasteiger partial charge in [0.15, 0.2) is 12.3 Å². The lowest BCUT2D eigenvalue weighted by molar-refractivity contribution is -0.219. The fourth-order valence-electron chi connectivity index (χ4n) is 3.07. The molecule has 27 heavy (non-hydrogen) atoms. The topological polar surface area (TPSA) is 146 Å². The van der Waals surface area contributed by atoms with Gasteiger partial charge in [-0.3, -0.25) is 19.1 Å². The molecule has 2 aliphatic rings. The summed E-state index contributed by atoms with van der Waals surface area (Å²) in [5.41, 5.74) is -3.80. The van der Waals surface area contributed by atoms with Crippen LogP contribution in [0.15, 0.2) is 15.8 Å². The first-order valence-electron chi connectivity index (χ1n) is 7.87. The van der Waals surface area contributed by atoms with Crippen LogP contribution in [-0.4, -0.2) is 55.9 Å². The van der Waals surface area contributed by atoms with Gasteiger partial charge in [-0.2, -0.15) is 13.2 Å². The number of aromatic nitrogens is 2. The standard InChI is InChI=1S/C14H16F3N3O7/c1-2-12(5-21)13(25)7(26-13)9(27-12)20-4-6(8(22)19-11(20)24)3-18-10(23)14(15,16)17/h4,7,9,21,25H,2-3,5H2,1H3,(H,18,23)(H,19,22,24)/t7?,9-,12-,13?/m1/s1. The van der Waals surface area contributed by atoms with Crippen molar-refractivity contribution in [3.63, 3.8) is 0 Å². The molecular formula is C14H16F3N3O7. The second kappa shape index (κ2) is 6.15. The van der Waals surface area contributed by atoms with Crippen molar-refractivity contribution in [3.8, 4) is 0 Å². The first-order valence-corrected chi connectivity index (χ1v) is 7.87. The second-order valence-electron chi connectivity index (χ2n) is 6.25. The maximum Gasteiger partial charge on any atom is 0.471 e. The molecule has 1 aromatic rings. The van der Waals surface area contributed by atoms with Crippen molar-refractivity contribution in [1.29, 1.82) is 0 Å². The van der Waals surface area contributed by atoms with Crippen LogP contribution in [0, 0.1) is 0 Å². The average Bonchev–Trinajstić information content (AvgIpc) is 3.22. The van der Waals surface area contributed by atoms with Gasteiger partial charge in [-0.15, -0.1) is 0 Å². The van der Waals surface area contributed by atoms with Gasteiger partial charge in [0, 0.05) is 12.7 Å². The first kappa shape index (κ1) is 19.5. The molecule has 0 aliphatic carbocycles. The number of nitrogens with one attached hydrogen (secondary N) is 2. The van der Waals surface area contributed by atoms with Crippen molar-refractivity contribution in [2.75, 3.05) is 6.61 Å². The highest BCUT2D eigenvalue weighted by atomic mass is 19.4. The summed E-state index contributed by atoms with van der Waals surface area (Å²) in [6, 6.07) is 0. The Bertz CT molecular complexity index is 876. The number of amides is 1. The van der Waals surface area contributed by atoms with E-state index in [1.54, 1.807) is 6.92 Å². The Labute approximate surface area is 148 Å². The molecule has 13 heteroatoms. The van der Waals surface area contributed by atoms with Crippen molar-refractivity contribution in [2.45, 2.75) is 49.8 Å². The summed E-state index contributed by atoms with van der Waals surface area (Å²) < 4.78 is 48.4. The number of aliphatic hydroxyl groups is 2. The highest BCUT2D eigenvalue weighted by Crippen LogP contribution is 2.58. The minimum Gasteiger partial charge on any atom is -0.393 e. The summed E-state index contributed by atoms with van der Waals surface area (Å²) >= 11 is 0. The van der Waals surface area contributed by atoms with E-state index in [1.165, 1.54) is 5.32 Å². The number of nitrogens with zero attached hydrogens (tertiary/aromatic N) is 1. The van der Waals surface area contributed by atoms with E-state index in [-0.39, 0.29) is 12.0 Å². The first-order chi connectivity index (χ1) is 12.5. The number of halogens is 3. The summed E-state index contributed by atoms with van der Waals surface area (Å²) in [6.45, 7) is 0.206. The summed E-state index contributed by atoms with van der Waals surface area (Å²) in [6.07, 6.45) is -6.34. The molecule has 2 fully saturated rings. The SMILES string of the molecule is CC[C@]1(CO)O[C@@H](n2cc(CNC(=O)C(F)(F)F)c(=O)[nH]c2=O)C2OC21O. The van der Waals surface area contributed by atoms with Crippen molar-refractivity contribution in [3.05, 3.63) is 32.6 Å². The van der Waals surface area contributed by atoms with Crippen LogP contribution in [-0.2, 0) is 20.8 Å². The fraction of sp³-hybridized carbons (Fsp3) is 0.643. The molecule has 3 heterocycles. The van der Waals surface area contributed by atoms with E-state index in [0.717, 1.165) is 10.8 Å². The Kier molecular flexibility index (Phi) is 4.45. The minimum absolute atomic E-state index is 0.138. The van der Waals surface area contributed by atoms with Crippen molar-refractivity contribution >= 4 is 5.91 Å². The number of aromatic amines is 1. The lowest BCUT2D eigenvalue weighted by Crippen LogP contribution is -2.48. The third-order valence-electron chi connectivity index (χ3n) is 4.73. The quantitative estimate of drug-likeness (QED) is 0.443. The zero-order valence-corrected chi connectivity index (χ0v) is 13.9. The third kappa shape index (κ3) is 2.96. The van der Waals surface area contributed by atoms with Crippen molar-refractivity contribution < 1.29 is 37.7 Å². The Morgan fingerprint density at radius 2 is 2.07 bits per heavy atom. The highest BCUT2D eigenvalue weighted by molar-refractivity contribution is 5.81. The molecule has 1 amide bonds. The number of alkyl halides is 3. The molecule has 2 aliphatic heterocycles. The zero-order valence-electron chi connectivity index (χ0n) is 13.9. The number of carbonyl (C=O) groups excluding carboxylic acids is 1. The van der Waals surface area contributed by atoms with Gasteiger partial charge in [0.1, 0.15) is 5.60 Å². The molecular weight excluding hydrogens is 379 g/mol. The van der Waals surface area contributed by atoms with Gasteiger partial charge in [0.25, 0.3) is 5.56 Å². The molecule has 4 atom stereocenters. The van der Waals surface area contributed by atoms with Gasteiger partial charge < -0.3 is 25.0 Å². The normalized spacial score (nSPS) is 32.2. The molecule has 0 bridgehead atoms. The summed E-state index contributed by atoms with van der Waals surface area (Å²) in [4.78, 5) is 36.7. The van der Waals surface area contributed by atoms with Gasteiger partial charge in [-0.05, 0) is 6.42 Å². The number of hydrogen-bond acceptors (Lipinski definition) is 7. The van der Waals surface area contributed by atoms with Crippen molar-refractivity contribution in [1.82, 2.24) is 14.9 Å². The lowest BCUT2D eigenvalue weighted by atomic mass is 9.94. The van der Waals surface area contributed by atoms with Crippen molar-refractivity contribution in [2.24, 2.45) is 0 Å². The molecule has 4 N–H and O–H groups in total. The Hall–Kier alpha value is -2.22. The van der Waals surface area contributed by atoms with Crippen LogP contribution in [0.3, 0.4) is 0 Å². The van der Waals surface area contributed by atoms with Crippen LogP contribution in [0.25, 0.3) is 0 Å². The summed E-state index contributed by atoms with van der Waals surface area (Å²) in [5.74, 6) is -4.08. The molecule has 3 rings (SSSR count). The van der Waals surface area contributed by atoms with Gasteiger partial charge in [0.2, 0.25) is 5.79 Å². The molecule has 0 radical (unpaired) electrons. The van der Waals surface area contributed by atoms with Gasteiger partial charge >= 0.3 is 17.8 Å². The lowest BCUT2D eigenvalue weighted by Gasteiger charge is -2.31. The Morgan fingerprint density at radius 3 is 2.59 bits per heavy atom. The monoisotopic (exact) mass is 395 g/mol. The average molecular weight is 395 g/mol. The Morgan fingerprint density at radius 1 is 1.41 bits per heavy atom. The Balaban J connectivity index is 1.89. The smallest absolute Gasteiger partial charge is 0.393 e. The zero-order chi connectivity index (χ0) is 20.2. The molecule has 0 spiro atoms. The fourth-order valence-corrected chi connectivity index (χ4v) is 3.07. The highest BCUT2D eigenvalue weighted by Gasteiger charge is 2.78. The van der Waals surface area contributed by atoms with Crippen LogP contribution >= 0.6 is 0 Å². The molecule has 1 aromatic heterocycles. The van der Waals surface area contributed by atoms with E-state index in [2.05, 4.69) is 0 Å². The second-order valence-corrected chi connectivity index (χ2v) is 6.25. The number of aliphatic hydroxyl groups excluding tert-OH is 1. The molecule has 2 unspecified atom stereocenters. The minimum atomic E-state index is -5.13. The van der Waals surface area contributed by atoms with E-state index >= 15 is 0 Å². The van der Waals surface area contributed by atoms with Gasteiger partial charge in [-0.1, -0.05) is 6.92 Å². The third-order valence-corrected chi connectivity index (χ3v) is 4.73. The maximum absolute atomic E-state index is 12.3. The van der Waals surface area contributed by atoms with E-state index in [9.17, 15) is 37.8 Å². The van der Waals surface area contributed by atoms with Crippen LogP contribution < -0.4 is 16.6 Å². The van der Waals surface area contributed by atoms with E-state index in [1.807, 2.05) is 4.98 Å². The number of fused-ring (bicyclic) bond motifs is 1. The molecule has 10 nitrogen and oxygen atoms in total. The number of epoxide rings is 1. The van der Waals surface area contributed by atoms with Crippen LogP contribution in [0.4, 0.5) is 13.2 Å². The van der Waals surface area contributed by atoms with Crippen LogP contribution in [0.1, 0.15) is 25.1 Å². The van der Waals surface area contributed by atoms with E-state index in [4.69, 9.17) is 9.47 Å². The number of carbonyl (C=O) groups is 1. The molecule has 0 saturated carbocycles. The summed E-state index contributed by atoms with van der Waals surface area (Å²) in [5, 5.41) is 21.5. The number of H-pyrrole nitrogens is 1. The molecule has 150 valence electrons.